The van der Waals surface area contributed by atoms with E-state index < -0.39 is 0 Å². The summed E-state index contributed by atoms with van der Waals surface area (Å²) >= 11 is 3.41. The molecule has 3 aliphatic rings. The van der Waals surface area contributed by atoms with Crippen LogP contribution in [0.1, 0.15) is 32.6 Å². The maximum absolute atomic E-state index is 12.1. The van der Waals surface area contributed by atoms with E-state index >= 15 is 0 Å². The van der Waals surface area contributed by atoms with Gasteiger partial charge in [-0.25, -0.2) is 4.79 Å². The van der Waals surface area contributed by atoms with Crippen LogP contribution in [0.5, 0.6) is 0 Å². The summed E-state index contributed by atoms with van der Waals surface area (Å²) in [5.41, 5.74) is 0.866. The molecule has 2 amide bonds. The van der Waals surface area contributed by atoms with Crippen molar-refractivity contribution in [3.63, 3.8) is 0 Å². The highest BCUT2D eigenvalue weighted by Crippen LogP contribution is 2.28. The number of hydrogen-bond donors (Lipinski definition) is 3. The number of fused-ring (bicyclic) bond motifs is 1. The highest BCUT2D eigenvalue weighted by Gasteiger charge is 2.30. The van der Waals surface area contributed by atoms with E-state index in [9.17, 15) is 4.79 Å². The Morgan fingerprint density at radius 2 is 2.19 bits per heavy atom. The summed E-state index contributed by atoms with van der Waals surface area (Å²) in [4.78, 5) is 16.4. The van der Waals surface area contributed by atoms with Crippen LogP contribution in [0.25, 0.3) is 0 Å². The molecule has 0 bridgehead atoms. The van der Waals surface area contributed by atoms with Gasteiger partial charge in [0.2, 0.25) is 0 Å². The van der Waals surface area contributed by atoms with Gasteiger partial charge in [0, 0.05) is 16.2 Å². The van der Waals surface area contributed by atoms with Crippen LogP contribution in [0.3, 0.4) is 0 Å². The lowest BCUT2D eigenvalue weighted by Crippen LogP contribution is -2.50. The van der Waals surface area contributed by atoms with Crippen LogP contribution in [-0.4, -0.2) is 23.8 Å². The molecule has 1 unspecified atom stereocenters. The van der Waals surface area contributed by atoms with Crippen molar-refractivity contribution in [3.8, 4) is 0 Å². The first-order valence-corrected chi connectivity index (χ1v) is 8.02. The second-order valence-electron chi connectivity index (χ2n) is 5.95. The Balaban J connectivity index is 1.61. The van der Waals surface area contributed by atoms with E-state index in [1.54, 1.807) is 6.21 Å². The molecule has 1 saturated carbocycles. The lowest BCUT2D eigenvalue weighted by molar-refractivity contribution is 0.229. The van der Waals surface area contributed by atoms with Crippen LogP contribution >= 0.6 is 15.9 Å². The molecular formula is C15H19BrN4O. The smallest absolute Gasteiger partial charge is 0.320 e. The summed E-state index contributed by atoms with van der Waals surface area (Å²) in [6.45, 7) is 2.11. The molecule has 0 aromatic rings. The van der Waals surface area contributed by atoms with Crippen molar-refractivity contribution < 1.29 is 4.79 Å². The summed E-state index contributed by atoms with van der Waals surface area (Å²) in [5.74, 6) is 0.691. The number of halogens is 1. The maximum atomic E-state index is 12.1. The molecule has 112 valence electrons. The van der Waals surface area contributed by atoms with E-state index in [1.165, 1.54) is 12.8 Å². The Morgan fingerprint density at radius 1 is 1.43 bits per heavy atom. The number of dihydropyridines is 2. The fraction of sp³-hybridized carbons (Fsp3) is 0.467. The molecule has 5 nitrogen and oxygen atoms in total. The first kappa shape index (κ1) is 14.4. The van der Waals surface area contributed by atoms with Gasteiger partial charge in [0.25, 0.3) is 0 Å². The number of carbonyl (C=O) groups is 1. The van der Waals surface area contributed by atoms with Crippen molar-refractivity contribution in [2.75, 3.05) is 0 Å². The molecule has 0 aromatic carbocycles. The van der Waals surface area contributed by atoms with Gasteiger partial charge in [0.05, 0.1) is 11.7 Å². The normalized spacial score (nSPS) is 26.0. The van der Waals surface area contributed by atoms with Crippen LogP contribution in [0.4, 0.5) is 4.79 Å². The average molecular weight is 351 g/mol. The quantitative estimate of drug-likeness (QED) is 0.716. The van der Waals surface area contributed by atoms with Crippen LogP contribution in [0.15, 0.2) is 39.2 Å². The number of carbonyl (C=O) groups excluding carboxylic acids is 1. The largest absolute Gasteiger partial charge is 0.360 e. The number of hydrogen-bond acceptors (Lipinski definition) is 3. The minimum absolute atomic E-state index is 0.00765. The Labute approximate surface area is 132 Å². The van der Waals surface area contributed by atoms with Gasteiger partial charge in [-0.15, -0.1) is 0 Å². The van der Waals surface area contributed by atoms with E-state index in [-0.39, 0.29) is 17.6 Å². The number of rotatable bonds is 2. The highest BCUT2D eigenvalue weighted by atomic mass is 79.9. The third-order valence-electron chi connectivity index (χ3n) is 4.08. The second kappa shape index (κ2) is 5.67. The van der Waals surface area contributed by atoms with Crippen LogP contribution in [-0.2, 0) is 0 Å². The monoisotopic (exact) mass is 350 g/mol. The third kappa shape index (κ3) is 3.37. The Kier molecular flexibility index (Phi) is 3.89. The predicted molar refractivity (Wildman–Crippen MR) is 87.1 cm³/mol. The fourth-order valence-corrected chi connectivity index (χ4v) is 3.30. The first-order valence-electron chi connectivity index (χ1n) is 7.23. The maximum Gasteiger partial charge on any atom is 0.320 e. The Morgan fingerprint density at radius 3 is 2.95 bits per heavy atom. The minimum atomic E-state index is -0.155. The van der Waals surface area contributed by atoms with Gasteiger partial charge in [-0.1, -0.05) is 12.8 Å². The third-order valence-corrected chi connectivity index (χ3v) is 4.55. The summed E-state index contributed by atoms with van der Waals surface area (Å²) < 4.78 is 0.932. The van der Waals surface area contributed by atoms with Gasteiger partial charge in [-0.3, -0.25) is 10.3 Å². The molecule has 1 fully saturated rings. The van der Waals surface area contributed by atoms with Gasteiger partial charge in [0.1, 0.15) is 5.82 Å². The molecule has 1 aliphatic carbocycles. The first-order chi connectivity index (χ1) is 10.0. The molecule has 1 atom stereocenters. The molecule has 6 heteroatoms. The molecule has 0 spiro atoms. The van der Waals surface area contributed by atoms with Gasteiger partial charge in [0.15, 0.2) is 0 Å². The predicted octanol–water partition coefficient (Wildman–Crippen LogP) is 2.68. The molecule has 0 radical (unpaired) electrons. The lowest BCUT2D eigenvalue weighted by Gasteiger charge is -2.28. The molecule has 0 saturated heterocycles. The van der Waals surface area contributed by atoms with Gasteiger partial charge < -0.3 is 10.6 Å². The standard InChI is InChI=1S/C15H19BrN4O/c1-15(6-2-3-7-15)20-14(21)19-13-5-4-11-12(18-13)8-10(16)9-17-11/h4-5,8-9,12,18H,2-3,6-7H2,1H3,(H2,19,20,21). The number of urea groups is 1. The van der Waals surface area contributed by atoms with Crippen LogP contribution in [0.2, 0.25) is 0 Å². The van der Waals surface area contributed by atoms with Crippen LogP contribution < -0.4 is 16.0 Å². The molecule has 0 aromatic heterocycles. The fourth-order valence-electron chi connectivity index (χ4n) is 2.94. The van der Waals surface area contributed by atoms with E-state index in [0.717, 1.165) is 23.0 Å². The number of amides is 2. The number of nitrogens with zero attached hydrogens (tertiary/aromatic N) is 1. The minimum Gasteiger partial charge on any atom is -0.360 e. The van der Waals surface area contributed by atoms with Crippen molar-refractivity contribution in [2.24, 2.45) is 4.99 Å². The molecule has 3 rings (SSSR count). The zero-order chi connectivity index (χ0) is 14.9. The number of allylic oxidation sites excluding steroid dienone is 3. The highest BCUT2D eigenvalue weighted by molar-refractivity contribution is 9.12. The zero-order valence-corrected chi connectivity index (χ0v) is 13.5. The van der Waals surface area contributed by atoms with Gasteiger partial charge in [-0.2, -0.15) is 0 Å². The van der Waals surface area contributed by atoms with Crippen molar-refractivity contribution in [1.82, 2.24) is 16.0 Å². The van der Waals surface area contributed by atoms with E-state index in [1.807, 2.05) is 18.2 Å². The second-order valence-corrected chi connectivity index (χ2v) is 6.87. The van der Waals surface area contributed by atoms with E-state index in [2.05, 4.69) is 43.8 Å². The number of aliphatic imine (C=N–C) groups is 1. The van der Waals surface area contributed by atoms with Gasteiger partial charge in [-0.05, 0) is 53.9 Å². The zero-order valence-electron chi connectivity index (χ0n) is 11.9. The van der Waals surface area contributed by atoms with Crippen molar-refractivity contribution in [2.45, 2.75) is 44.2 Å². The van der Waals surface area contributed by atoms with E-state index in [4.69, 9.17) is 0 Å². The van der Waals surface area contributed by atoms with Crippen molar-refractivity contribution in [3.05, 3.63) is 34.2 Å². The number of nitrogens with one attached hydrogen (secondary N) is 3. The van der Waals surface area contributed by atoms with Gasteiger partial charge >= 0.3 is 6.03 Å². The summed E-state index contributed by atoms with van der Waals surface area (Å²) in [6.07, 6.45) is 12.0. The summed E-state index contributed by atoms with van der Waals surface area (Å²) in [7, 11) is 0. The molecular weight excluding hydrogens is 332 g/mol. The van der Waals surface area contributed by atoms with E-state index in [0.29, 0.717) is 5.82 Å². The SMILES string of the molecule is CC1(NC(=O)NC2=CC=C3N=CC(Br)=CC3N2)CCCC1. The summed E-state index contributed by atoms with van der Waals surface area (Å²) in [5, 5.41) is 9.21. The molecule has 21 heavy (non-hydrogen) atoms. The molecule has 2 aliphatic heterocycles. The lowest BCUT2D eigenvalue weighted by atomic mass is 10.0. The Bertz CT molecular complexity index is 570. The Hall–Kier alpha value is -1.56. The topological polar surface area (TPSA) is 65.5 Å². The van der Waals surface area contributed by atoms with Crippen molar-refractivity contribution in [1.29, 1.82) is 0 Å². The van der Waals surface area contributed by atoms with Crippen molar-refractivity contribution >= 4 is 28.2 Å². The summed E-state index contributed by atoms with van der Waals surface area (Å²) in [6, 6.07) is -0.163. The average Bonchev–Trinajstić information content (AvgIpc) is 2.84. The molecule has 3 N–H and O–H groups in total. The molecule has 2 heterocycles. The van der Waals surface area contributed by atoms with Crippen LogP contribution in [0, 0.1) is 0 Å².